The van der Waals surface area contributed by atoms with E-state index in [1.54, 1.807) is 7.05 Å². The maximum absolute atomic E-state index is 11.3. The van der Waals surface area contributed by atoms with Gasteiger partial charge in [-0.3, -0.25) is 14.9 Å². The van der Waals surface area contributed by atoms with Gasteiger partial charge in [0.25, 0.3) is 0 Å². The van der Waals surface area contributed by atoms with Crippen molar-refractivity contribution in [1.29, 1.82) is 0 Å². The first-order chi connectivity index (χ1) is 6.97. The van der Waals surface area contributed by atoms with Crippen LogP contribution in [0.25, 0.3) is 0 Å². The van der Waals surface area contributed by atoms with E-state index in [1.807, 2.05) is 20.8 Å². The average Bonchev–Trinajstić information content (AvgIpc) is 2.17. The summed E-state index contributed by atoms with van der Waals surface area (Å²) in [6, 6.07) is 0.152. The molecule has 0 fully saturated rings. The van der Waals surface area contributed by atoms with Crippen molar-refractivity contribution in [3.05, 3.63) is 0 Å². The van der Waals surface area contributed by atoms with E-state index in [2.05, 4.69) is 16.0 Å². The highest BCUT2D eigenvalue weighted by Crippen LogP contribution is 1.98. The summed E-state index contributed by atoms with van der Waals surface area (Å²) in [5.74, 6) is 0.202. The van der Waals surface area contributed by atoms with Crippen LogP contribution in [0.4, 0.5) is 0 Å². The van der Waals surface area contributed by atoms with E-state index in [0.717, 1.165) is 0 Å². The number of nitrogens with one attached hydrogen (secondary N) is 3. The molecule has 0 aliphatic heterocycles. The molecule has 0 bridgehead atoms. The topological polar surface area (TPSA) is 70.2 Å². The van der Waals surface area contributed by atoms with Gasteiger partial charge < -0.3 is 10.6 Å². The molecule has 0 saturated heterocycles. The minimum atomic E-state index is -0.125. The van der Waals surface area contributed by atoms with E-state index in [0.29, 0.717) is 5.92 Å². The molecule has 0 aliphatic rings. The van der Waals surface area contributed by atoms with Gasteiger partial charge in [-0.25, -0.2) is 0 Å². The third-order valence-electron chi connectivity index (χ3n) is 2.24. The highest BCUT2D eigenvalue weighted by atomic mass is 16.2. The Hall–Kier alpha value is -1.10. The van der Waals surface area contributed by atoms with E-state index < -0.39 is 0 Å². The van der Waals surface area contributed by atoms with Gasteiger partial charge in [0.05, 0.1) is 13.1 Å². The zero-order valence-corrected chi connectivity index (χ0v) is 9.89. The van der Waals surface area contributed by atoms with Crippen molar-refractivity contribution in [3.8, 4) is 0 Å². The fraction of sp³-hybridized carbons (Fsp3) is 0.800. The summed E-state index contributed by atoms with van der Waals surface area (Å²) in [7, 11) is 1.56. The van der Waals surface area contributed by atoms with Crippen molar-refractivity contribution in [3.63, 3.8) is 0 Å². The molecule has 15 heavy (non-hydrogen) atoms. The molecule has 0 radical (unpaired) electrons. The Labute approximate surface area is 91.0 Å². The highest BCUT2D eigenvalue weighted by Gasteiger charge is 2.10. The van der Waals surface area contributed by atoms with Gasteiger partial charge in [-0.1, -0.05) is 13.8 Å². The number of carbonyl (C=O) groups is 2. The van der Waals surface area contributed by atoms with Crippen LogP contribution in [0.2, 0.25) is 0 Å². The molecule has 0 aromatic rings. The molecule has 0 aromatic heterocycles. The van der Waals surface area contributed by atoms with Gasteiger partial charge in [0, 0.05) is 13.1 Å². The molecule has 5 nitrogen and oxygen atoms in total. The van der Waals surface area contributed by atoms with Gasteiger partial charge in [0.2, 0.25) is 11.8 Å². The Morgan fingerprint density at radius 1 is 1.07 bits per heavy atom. The van der Waals surface area contributed by atoms with Crippen LogP contribution in [0.3, 0.4) is 0 Å². The molecule has 1 atom stereocenters. The summed E-state index contributed by atoms with van der Waals surface area (Å²) in [4.78, 5) is 22.1. The molecule has 2 amide bonds. The van der Waals surface area contributed by atoms with E-state index in [9.17, 15) is 9.59 Å². The molecular weight excluding hydrogens is 194 g/mol. The summed E-state index contributed by atoms with van der Waals surface area (Å²) in [6.45, 7) is 6.39. The van der Waals surface area contributed by atoms with Gasteiger partial charge in [0.15, 0.2) is 0 Å². The van der Waals surface area contributed by atoms with Crippen LogP contribution in [0.15, 0.2) is 0 Å². The Balaban J connectivity index is 3.62. The van der Waals surface area contributed by atoms with Crippen molar-refractivity contribution >= 4 is 11.8 Å². The minimum Gasteiger partial charge on any atom is -0.358 e. The molecular formula is C10H21N3O2. The summed E-state index contributed by atoms with van der Waals surface area (Å²) >= 11 is 0. The molecule has 0 aromatic carbocycles. The second kappa shape index (κ2) is 7.23. The first-order valence-electron chi connectivity index (χ1n) is 5.18. The summed E-state index contributed by atoms with van der Waals surface area (Å²) < 4.78 is 0. The van der Waals surface area contributed by atoms with Gasteiger partial charge in [-0.2, -0.15) is 0 Å². The third kappa shape index (κ3) is 6.90. The predicted octanol–water partition coefficient (Wildman–Crippen LogP) is -0.517. The standard InChI is InChI=1S/C10H21N3O2/c1-7(2)8(3)13-10(15)6-12-5-9(14)11-4/h7-8,12H,5-6H2,1-4H3,(H,11,14)(H,13,15). The number of carbonyl (C=O) groups excluding carboxylic acids is 2. The van der Waals surface area contributed by atoms with Crippen molar-refractivity contribution < 1.29 is 9.59 Å². The normalized spacial score (nSPS) is 12.3. The van der Waals surface area contributed by atoms with Gasteiger partial charge in [-0.05, 0) is 12.8 Å². The Morgan fingerprint density at radius 3 is 2.07 bits per heavy atom. The second-order valence-electron chi connectivity index (χ2n) is 3.88. The van der Waals surface area contributed by atoms with Crippen LogP contribution in [0.5, 0.6) is 0 Å². The second-order valence-corrected chi connectivity index (χ2v) is 3.88. The zero-order valence-electron chi connectivity index (χ0n) is 9.89. The summed E-state index contributed by atoms with van der Waals surface area (Å²) in [5, 5.41) is 8.06. The lowest BCUT2D eigenvalue weighted by atomic mass is 10.1. The lowest BCUT2D eigenvalue weighted by molar-refractivity contribution is -0.121. The third-order valence-corrected chi connectivity index (χ3v) is 2.24. The number of amides is 2. The number of rotatable bonds is 6. The largest absolute Gasteiger partial charge is 0.358 e. The lowest BCUT2D eigenvalue weighted by Gasteiger charge is -2.17. The van der Waals surface area contributed by atoms with Crippen LogP contribution in [-0.4, -0.2) is 38.0 Å². The first-order valence-corrected chi connectivity index (χ1v) is 5.18. The van der Waals surface area contributed by atoms with Crippen molar-refractivity contribution in [2.45, 2.75) is 26.8 Å². The molecule has 1 unspecified atom stereocenters. The number of likely N-dealkylation sites (N-methyl/N-ethyl adjacent to an activating group) is 1. The number of hydrogen-bond donors (Lipinski definition) is 3. The van der Waals surface area contributed by atoms with E-state index in [4.69, 9.17) is 0 Å². The molecule has 0 spiro atoms. The molecule has 0 rings (SSSR count). The Kier molecular flexibility index (Phi) is 6.70. The van der Waals surface area contributed by atoms with E-state index >= 15 is 0 Å². The quantitative estimate of drug-likeness (QED) is 0.558. The van der Waals surface area contributed by atoms with Crippen LogP contribution in [0, 0.1) is 5.92 Å². The fourth-order valence-corrected chi connectivity index (χ4v) is 0.850. The van der Waals surface area contributed by atoms with Gasteiger partial charge in [0.1, 0.15) is 0 Å². The lowest BCUT2D eigenvalue weighted by Crippen LogP contribution is -2.43. The van der Waals surface area contributed by atoms with Crippen LogP contribution in [0.1, 0.15) is 20.8 Å². The zero-order chi connectivity index (χ0) is 11.8. The number of hydrogen-bond acceptors (Lipinski definition) is 3. The van der Waals surface area contributed by atoms with Crippen molar-refractivity contribution in [1.82, 2.24) is 16.0 Å². The van der Waals surface area contributed by atoms with Gasteiger partial charge >= 0.3 is 0 Å². The maximum atomic E-state index is 11.3. The van der Waals surface area contributed by atoms with E-state index in [1.165, 1.54) is 0 Å². The molecule has 0 saturated carbocycles. The minimum absolute atomic E-state index is 0.0832. The molecule has 0 heterocycles. The predicted molar refractivity (Wildman–Crippen MR) is 59.4 cm³/mol. The average molecular weight is 215 g/mol. The smallest absolute Gasteiger partial charge is 0.234 e. The van der Waals surface area contributed by atoms with E-state index in [-0.39, 0.29) is 30.9 Å². The summed E-state index contributed by atoms with van der Waals surface area (Å²) in [5.41, 5.74) is 0. The maximum Gasteiger partial charge on any atom is 0.234 e. The monoisotopic (exact) mass is 215 g/mol. The molecule has 3 N–H and O–H groups in total. The Bertz CT molecular complexity index is 217. The Morgan fingerprint density at radius 2 is 1.60 bits per heavy atom. The van der Waals surface area contributed by atoms with Crippen LogP contribution >= 0.6 is 0 Å². The van der Waals surface area contributed by atoms with Gasteiger partial charge in [-0.15, -0.1) is 0 Å². The molecule has 0 aliphatic carbocycles. The summed E-state index contributed by atoms with van der Waals surface area (Å²) in [6.07, 6.45) is 0. The molecule has 88 valence electrons. The SMILES string of the molecule is CNC(=O)CNCC(=O)NC(C)C(C)C. The highest BCUT2D eigenvalue weighted by molar-refractivity contribution is 5.81. The van der Waals surface area contributed by atoms with Crippen LogP contribution in [-0.2, 0) is 9.59 Å². The van der Waals surface area contributed by atoms with Crippen molar-refractivity contribution in [2.75, 3.05) is 20.1 Å². The van der Waals surface area contributed by atoms with Crippen LogP contribution < -0.4 is 16.0 Å². The first kappa shape index (κ1) is 13.9. The fourth-order valence-electron chi connectivity index (χ4n) is 0.850. The molecule has 5 heteroatoms. The van der Waals surface area contributed by atoms with Crippen molar-refractivity contribution in [2.24, 2.45) is 5.92 Å².